The number of aromatic nitrogens is 2. The van der Waals surface area contributed by atoms with Crippen molar-refractivity contribution in [3.05, 3.63) is 57.7 Å². The molecule has 2 rings (SSSR count). The van der Waals surface area contributed by atoms with E-state index in [1.165, 1.54) is 12.1 Å². The van der Waals surface area contributed by atoms with E-state index >= 15 is 0 Å². The van der Waals surface area contributed by atoms with Gasteiger partial charge in [-0.25, -0.2) is 14.4 Å². The summed E-state index contributed by atoms with van der Waals surface area (Å²) < 4.78 is 13.6. The minimum absolute atomic E-state index is 0.107. The van der Waals surface area contributed by atoms with Crippen LogP contribution >= 0.6 is 0 Å². The fourth-order valence-corrected chi connectivity index (χ4v) is 1.44. The number of benzene rings is 1. The van der Waals surface area contributed by atoms with Gasteiger partial charge in [0, 0.05) is 12.1 Å². The maximum atomic E-state index is 13.6. The van der Waals surface area contributed by atoms with Crippen LogP contribution in [0.25, 0.3) is 0 Å². The fourth-order valence-electron chi connectivity index (χ4n) is 1.44. The van der Waals surface area contributed by atoms with E-state index in [0.29, 0.717) is 5.56 Å². The first-order valence-electron chi connectivity index (χ1n) is 5.49. The molecule has 1 aromatic heterocycles. The van der Waals surface area contributed by atoms with Gasteiger partial charge in [0.1, 0.15) is 18.2 Å². The second kappa shape index (κ2) is 5.71. The molecule has 1 heterocycles. The summed E-state index contributed by atoms with van der Waals surface area (Å²) in [6.45, 7) is 0.107. The van der Waals surface area contributed by atoms with Crippen molar-refractivity contribution in [3.63, 3.8) is 0 Å². The molecule has 0 aliphatic rings. The molecule has 0 atom stereocenters. The lowest BCUT2D eigenvalue weighted by Crippen LogP contribution is -2.05. The molecular weight excluding hydrogens is 265 g/mol. The van der Waals surface area contributed by atoms with Gasteiger partial charge in [0.25, 0.3) is 0 Å². The zero-order valence-electron chi connectivity index (χ0n) is 10.1. The topological polar surface area (TPSA) is 105 Å². The third kappa shape index (κ3) is 3.02. The normalized spacial score (nSPS) is 9.80. The van der Waals surface area contributed by atoms with Crippen LogP contribution in [0.2, 0.25) is 0 Å². The molecule has 0 aliphatic heterocycles. The molecule has 100 valence electrons. The fraction of sp³-hybridized carbons (Fsp3) is 0.0833. The van der Waals surface area contributed by atoms with E-state index in [2.05, 4.69) is 15.3 Å². The Labute approximate surface area is 112 Å². The maximum absolute atomic E-state index is 13.6. The average molecular weight is 273 g/mol. The molecular formula is C12H8FN5O2. The minimum Gasteiger partial charge on any atom is -0.350 e. The Balaban J connectivity index is 2.05. The zero-order valence-corrected chi connectivity index (χ0v) is 10.1. The van der Waals surface area contributed by atoms with Gasteiger partial charge in [-0.15, -0.1) is 0 Å². The van der Waals surface area contributed by atoms with Crippen molar-refractivity contribution in [2.75, 3.05) is 5.32 Å². The maximum Gasteiger partial charge on any atom is 0.305 e. The number of hydrogen-bond donors (Lipinski definition) is 1. The molecule has 0 saturated carbocycles. The number of hydrogen-bond acceptors (Lipinski definition) is 6. The van der Waals surface area contributed by atoms with Crippen LogP contribution in [0.15, 0.2) is 30.6 Å². The van der Waals surface area contributed by atoms with Crippen LogP contribution < -0.4 is 5.32 Å². The molecule has 8 heteroatoms. The molecule has 1 N–H and O–H groups in total. The number of nitrogens with one attached hydrogen (secondary N) is 1. The van der Waals surface area contributed by atoms with Crippen molar-refractivity contribution in [2.45, 2.75) is 6.54 Å². The van der Waals surface area contributed by atoms with Gasteiger partial charge >= 0.3 is 5.69 Å². The molecule has 0 amide bonds. The van der Waals surface area contributed by atoms with Gasteiger partial charge in [0.2, 0.25) is 5.95 Å². The summed E-state index contributed by atoms with van der Waals surface area (Å²) in [5, 5.41) is 21.8. The number of nitro groups is 1. The number of nitrogens with zero attached hydrogens (tertiary/aromatic N) is 4. The molecule has 20 heavy (non-hydrogen) atoms. The lowest BCUT2D eigenvalue weighted by molar-refractivity contribution is -0.385. The quantitative estimate of drug-likeness (QED) is 0.674. The van der Waals surface area contributed by atoms with E-state index < -0.39 is 10.7 Å². The Kier molecular flexibility index (Phi) is 3.81. The molecule has 2 aromatic rings. The van der Waals surface area contributed by atoms with Crippen molar-refractivity contribution in [2.24, 2.45) is 0 Å². The van der Waals surface area contributed by atoms with E-state index in [4.69, 9.17) is 5.26 Å². The Morgan fingerprint density at radius 1 is 1.40 bits per heavy atom. The monoisotopic (exact) mass is 273 g/mol. The lowest BCUT2D eigenvalue weighted by atomic mass is 10.1. The van der Waals surface area contributed by atoms with Crippen LogP contribution in [0.1, 0.15) is 11.1 Å². The second-order valence-electron chi connectivity index (χ2n) is 3.79. The SMILES string of the molecule is N#Cc1ccc(CNc2ncc([N+](=O)[O-])cn2)c(F)c1. The standard InChI is InChI=1S/C12H8FN5O2/c13-11-3-8(4-14)1-2-9(11)5-15-12-16-6-10(7-17-12)18(19)20/h1-3,6-7H,5H2,(H,15,16,17). The number of halogens is 1. The summed E-state index contributed by atoms with van der Waals surface area (Å²) in [5.41, 5.74) is 0.351. The number of anilines is 1. The second-order valence-corrected chi connectivity index (χ2v) is 3.79. The van der Waals surface area contributed by atoms with Crippen molar-refractivity contribution < 1.29 is 9.31 Å². The lowest BCUT2D eigenvalue weighted by Gasteiger charge is -2.05. The summed E-state index contributed by atoms with van der Waals surface area (Å²) in [4.78, 5) is 17.3. The Morgan fingerprint density at radius 3 is 2.65 bits per heavy atom. The Morgan fingerprint density at radius 2 is 2.10 bits per heavy atom. The molecule has 1 aromatic carbocycles. The molecule has 0 unspecified atom stereocenters. The van der Waals surface area contributed by atoms with Crippen molar-refractivity contribution in [3.8, 4) is 6.07 Å². The predicted octanol–water partition coefficient (Wildman–Crippen LogP) is 2.01. The van der Waals surface area contributed by atoms with E-state index in [9.17, 15) is 14.5 Å². The first-order valence-corrected chi connectivity index (χ1v) is 5.49. The third-order valence-electron chi connectivity index (χ3n) is 2.47. The summed E-state index contributed by atoms with van der Waals surface area (Å²) in [6.07, 6.45) is 2.12. The summed E-state index contributed by atoms with van der Waals surface area (Å²) in [6, 6.07) is 5.94. The predicted molar refractivity (Wildman–Crippen MR) is 67.1 cm³/mol. The molecule has 0 radical (unpaired) electrons. The van der Waals surface area contributed by atoms with Crippen LogP contribution in [0.4, 0.5) is 16.0 Å². The van der Waals surface area contributed by atoms with Gasteiger partial charge in [-0.1, -0.05) is 6.07 Å². The van der Waals surface area contributed by atoms with Gasteiger partial charge in [-0.2, -0.15) is 5.26 Å². The van der Waals surface area contributed by atoms with E-state index in [1.807, 2.05) is 6.07 Å². The highest BCUT2D eigenvalue weighted by Crippen LogP contribution is 2.12. The van der Waals surface area contributed by atoms with Gasteiger partial charge in [-0.05, 0) is 12.1 Å². The Bertz CT molecular complexity index is 681. The highest BCUT2D eigenvalue weighted by atomic mass is 19.1. The molecule has 0 saturated heterocycles. The van der Waals surface area contributed by atoms with E-state index in [-0.39, 0.29) is 23.7 Å². The highest BCUT2D eigenvalue weighted by molar-refractivity contribution is 5.36. The highest BCUT2D eigenvalue weighted by Gasteiger charge is 2.07. The van der Waals surface area contributed by atoms with E-state index in [0.717, 1.165) is 18.5 Å². The van der Waals surface area contributed by atoms with Crippen LogP contribution in [-0.4, -0.2) is 14.9 Å². The zero-order chi connectivity index (χ0) is 14.5. The molecule has 0 aliphatic carbocycles. The molecule has 0 fully saturated rings. The Hall–Kier alpha value is -3.08. The van der Waals surface area contributed by atoms with Crippen molar-refractivity contribution in [1.82, 2.24) is 9.97 Å². The van der Waals surface area contributed by atoms with Gasteiger partial charge < -0.3 is 5.32 Å². The summed E-state index contributed by atoms with van der Waals surface area (Å²) in [5.74, 6) is -0.363. The molecule has 0 spiro atoms. The average Bonchev–Trinajstić information content (AvgIpc) is 2.46. The van der Waals surface area contributed by atoms with Gasteiger partial charge in [0.05, 0.1) is 16.6 Å². The van der Waals surface area contributed by atoms with Crippen molar-refractivity contribution in [1.29, 1.82) is 5.26 Å². The first kappa shape index (κ1) is 13.4. The minimum atomic E-state index is -0.607. The summed E-state index contributed by atoms with van der Waals surface area (Å²) >= 11 is 0. The smallest absolute Gasteiger partial charge is 0.305 e. The van der Waals surface area contributed by atoms with Crippen LogP contribution in [0.3, 0.4) is 0 Å². The van der Waals surface area contributed by atoms with Gasteiger partial charge in [0.15, 0.2) is 0 Å². The largest absolute Gasteiger partial charge is 0.350 e. The number of rotatable bonds is 4. The van der Waals surface area contributed by atoms with Crippen LogP contribution in [-0.2, 0) is 6.54 Å². The van der Waals surface area contributed by atoms with Crippen LogP contribution in [0, 0.1) is 27.3 Å². The number of nitriles is 1. The first-order chi connectivity index (χ1) is 9.60. The molecule has 7 nitrogen and oxygen atoms in total. The van der Waals surface area contributed by atoms with Gasteiger partial charge in [-0.3, -0.25) is 10.1 Å². The van der Waals surface area contributed by atoms with Crippen molar-refractivity contribution >= 4 is 11.6 Å². The van der Waals surface area contributed by atoms with E-state index in [1.54, 1.807) is 0 Å². The molecule has 0 bridgehead atoms. The third-order valence-corrected chi connectivity index (χ3v) is 2.47. The van der Waals surface area contributed by atoms with Crippen LogP contribution in [0.5, 0.6) is 0 Å². The summed E-state index contributed by atoms with van der Waals surface area (Å²) in [7, 11) is 0.